The van der Waals surface area contributed by atoms with E-state index in [2.05, 4.69) is 10.6 Å². The number of nitrogen functional groups attached to an aromatic ring is 1. The van der Waals surface area contributed by atoms with E-state index in [1.165, 1.54) is 0 Å². The summed E-state index contributed by atoms with van der Waals surface area (Å²) in [5, 5.41) is 15.2. The fraction of sp³-hybridized carbons (Fsp3) is 0.273. The molecular weight excluding hydrogens is 400 g/mol. The van der Waals surface area contributed by atoms with E-state index in [0.717, 1.165) is 10.5 Å². The second-order valence-corrected chi connectivity index (χ2v) is 7.57. The van der Waals surface area contributed by atoms with Gasteiger partial charge in [0.1, 0.15) is 6.04 Å². The summed E-state index contributed by atoms with van der Waals surface area (Å²) in [6, 6.07) is 10.6. The van der Waals surface area contributed by atoms with Gasteiger partial charge < -0.3 is 16.2 Å². The van der Waals surface area contributed by atoms with E-state index >= 15 is 0 Å². The summed E-state index contributed by atoms with van der Waals surface area (Å²) in [6.07, 6.45) is 0.169. The Hall–Kier alpha value is -3.56. The van der Waals surface area contributed by atoms with E-state index in [9.17, 15) is 24.3 Å². The Morgan fingerprint density at radius 3 is 2.61 bits per heavy atom. The third-order valence-corrected chi connectivity index (χ3v) is 5.59. The van der Waals surface area contributed by atoms with Crippen LogP contribution in [0.5, 0.6) is 0 Å². The lowest BCUT2D eigenvalue weighted by Gasteiger charge is -2.27. The minimum Gasteiger partial charge on any atom is -0.399 e. The Kier molecular flexibility index (Phi) is 5.53. The maximum atomic E-state index is 13.1. The number of carbonyl (C=O) groups is 4. The predicted octanol–water partition coefficient (Wildman–Crippen LogP) is 0.493. The maximum Gasteiger partial charge on any atom is 0.262 e. The number of anilines is 1. The number of nitrogens with zero attached hydrogens (tertiary/aromatic N) is 1. The Morgan fingerprint density at radius 1 is 1.13 bits per heavy atom. The molecular formula is C22H22N4O5. The number of aliphatic hydroxyl groups excluding tert-OH is 1. The number of rotatable bonds is 6. The molecule has 5 N–H and O–H groups in total. The summed E-state index contributed by atoms with van der Waals surface area (Å²) in [5.74, 6) is -2.17. The molecule has 1 fully saturated rings. The topological polar surface area (TPSA) is 142 Å². The number of carbonyl (C=O) groups excluding carboxylic acids is 4. The number of hydrogen-bond donors (Lipinski definition) is 4. The number of nitrogens with two attached hydrogens (primary N) is 1. The van der Waals surface area contributed by atoms with Gasteiger partial charge in [0, 0.05) is 18.7 Å². The lowest BCUT2D eigenvalue weighted by molar-refractivity contribution is -0.136. The smallest absolute Gasteiger partial charge is 0.262 e. The first-order chi connectivity index (χ1) is 14.9. The molecule has 0 radical (unpaired) electrons. The van der Waals surface area contributed by atoms with Crippen LogP contribution >= 0.6 is 0 Å². The Bertz CT molecular complexity index is 1080. The second-order valence-electron chi connectivity index (χ2n) is 7.57. The van der Waals surface area contributed by atoms with Gasteiger partial charge in [-0.25, -0.2) is 0 Å². The molecule has 4 rings (SSSR count). The number of nitrogens with one attached hydrogen (secondary N) is 2. The van der Waals surface area contributed by atoms with Crippen LogP contribution in [0.4, 0.5) is 5.69 Å². The normalized spacial score (nSPS) is 19.4. The van der Waals surface area contributed by atoms with Crippen molar-refractivity contribution in [1.29, 1.82) is 0 Å². The van der Waals surface area contributed by atoms with Gasteiger partial charge in [0.25, 0.3) is 11.8 Å². The van der Waals surface area contributed by atoms with Crippen molar-refractivity contribution in [2.75, 3.05) is 12.3 Å². The molecule has 0 aliphatic carbocycles. The highest BCUT2D eigenvalue weighted by molar-refractivity contribution is 6.24. The highest BCUT2D eigenvalue weighted by Gasteiger charge is 2.45. The van der Waals surface area contributed by atoms with Crippen molar-refractivity contribution in [3.05, 3.63) is 64.7 Å². The van der Waals surface area contributed by atoms with Crippen LogP contribution in [0.15, 0.2) is 42.5 Å². The van der Waals surface area contributed by atoms with E-state index < -0.39 is 35.7 Å². The molecule has 2 aromatic carbocycles. The molecule has 2 heterocycles. The zero-order valence-electron chi connectivity index (χ0n) is 16.6. The molecule has 0 aromatic heterocycles. The van der Waals surface area contributed by atoms with Crippen LogP contribution in [0, 0.1) is 0 Å². The quantitative estimate of drug-likeness (QED) is 0.392. The molecule has 2 aromatic rings. The number of aliphatic hydroxyl groups is 1. The van der Waals surface area contributed by atoms with E-state index in [4.69, 9.17) is 5.73 Å². The molecule has 0 saturated carbocycles. The average molecular weight is 422 g/mol. The molecule has 2 unspecified atom stereocenters. The van der Waals surface area contributed by atoms with Gasteiger partial charge in [0.05, 0.1) is 23.8 Å². The van der Waals surface area contributed by atoms with Gasteiger partial charge in [0.15, 0.2) is 0 Å². The Morgan fingerprint density at radius 2 is 1.90 bits per heavy atom. The van der Waals surface area contributed by atoms with Crippen LogP contribution < -0.4 is 16.4 Å². The molecule has 31 heavy (non-hydrogen) atoms. The molecule has 1 saturated heterocycles. The highest BCUT2D eigenvalue weighted by atomic mass is 16.3. The van der Waals surface area contributed by atoms with Crippen molar-refractivity contribution >= 4 is 29.3 Å². The van der Waals surface area contributed by atoms with Crippen molar-refractivity contribution in [2.45, 2.75) is 31.5 Å². The third kappa shape index (κ3) is 3.80. The lowest BCUT2D eigenvalue weighted by Crippen LogP contribution is -2.54. The van der Waals surface area contributed by atoms with Gasteiger partial charge in [-0.3, -0.25) is 29.4 Å². The van der Waals surface area contributed by atoms with Crippen LogP contribution in [0.2, 0.25) is 0 Å². The minimum absolute atomic E-state index is 0.0661. The number of piperidine rings is 1. The van der Waals surface area contributed by atoms with Crippen LogP contribution in [-0.2, 0) is 16.1 Å². The summed E-state index contributed by atoms with van der Waals surface area (Å²) >= 11 is 0. The van der Waals surface area contributed by atoms with Gasteiger partial charge >= 0.3 is 0 Å². The molecule has 4 amide bonds. The molecule has 2 atom stereocenters. The predicted molar refractivity (Wildman–Crippen MR) is 111 cm³/mol. The zero-order valence-corrected chi connectivity index (χ0v) is 16.6. The molecule has 160 valence electrons. The van der Waals surface area contributed by atoms with Crippen LogP contribution in [-0.4, -0.2) is 46.3 Å². The number of fused-ring (bicyclic) bond motifs is 1. The number of benzene rings is 2. The maximum absolute atomic E-state index is 13.1. The summed E-state index contributed by atoms with van der Waals surface area (Å²) in [6.45, 7) is 0.0269. The minimum atomic E-state index is -1.01. The third-order valence-electron chi connectivity index (χ3n) is 5.59. The monoisotopic (exact) mass is 422 g/mol. The van der Waals surface area contributed by atoms with Gasteiger partial charge in [0.2, 0.25) is 11.8 Å². The van der Waals surface area contributed by atoms with E-state index in [0.29, 0.717) is 11.3 Å². The van der Waals surface area contributed by atoms with Crippen molar-refractivity contribution in [2.24, 2.45) is 0 Å². The van der Waals surface area contributed by atoms with Crippen molar-refractivity contribution < 1.29 is 24.3 Å². The first-order valence-corrected chi connectivity index (χ1v) is 9.94. The average Bonchev–Trinajstić information content (AvgIpc) is 3.00. The summed E-state index contributed by atoms with van der Waals surface area (Å²) in [5.41, 5.74) is 8.21. The highest BCUT2D eigenvalue weighted by Crippen LogP contribution is 2.30. The first kappa shape index (κ1) is 20.7. The van der Waals surface area contributed by atoms with Crippen molar-refractivity contribution in [3.63, 3.8) is 0 Å². The fourth-order valence-corrected chi connectivity index (χ4v) is 4.03. The Labute approximate surface area is 178 Å². The van der Waals surface area contributed by atoms with E-state index in [1.54, 1.807) is 36.4 Å². The summed E-state index contributed by atoms with van der Waals surface area (Å²) in [4.78, 5) is 50.6. The second kappa shape index (κ2) is 8.29. The molecule has 9 nitrogen and oxygen atoms in total. The molecule has 0 bridgehead atoms. The Balaban J connectivity index is 1.57. The van der Waals surface area contributed by atoms with E-state index in [-0.39, 0.29) is 37.1 Å². The van der Waals surface area contributed by atoms with Crippen LogP contribution in [0.1, 0.15) is 50.7 Å². The first-order valence-electron chi connectivity index (χ1n) is 9.94. The van der Waals surface area contributed by atoms with Gasteiger partial charge in [-0.1, -0.05) is 24.3 Å². The summed E-state index contributed by atoms with van der Waals surface area (Å²) in [7, 11) is 0. The number of amides is 4. The molecule has 9 heteroatoms. The van der Waals surface area contributed by atoms with Gasteiger partial charge in [-0.05, 0) is 35.7 Å². The van der Waals surface area contributed by atoms with Crippen molar-refractivity contribution in [1.82, 2.24) is 15.5 Å². The SMILES string of the molecule is Nc1cccc(C(CO)NCc2cccc3c2C(=O)N(C2CCC(=O)NC2=O)C3=O)c1. The number of imide groups is 2. The number of hydrogen-bond acceptors (Lipinski definition) is 7. The van der Waals surface area contributed by atoms with Crippen LogP contribution in [0.3, 0.4) is 0 Å². The van der Waals surface area contributed by atoms with E-state index in [1.807, 2.05) is 6.07 Å². The zero-order chi connectivity index (χ0) is 22.1. The standard InChI is InChI=1S/C22H22N4O5/c23-14-5-1-3-12(9-14)16(11-27)24-10-13-4-2-6-15-19(13)22(31)26(21(15)30)17-7-8-18(28)25-20(17)29/h1-6,9,16-17,24,27H,7-8,10-11,23H2,(H,25,28,29). The molecule has 2 aliphatic heterocycles. The van der Waals surface area contributed by atoms with Gasteiger partial charge in [-0.15, -0.1) is 0 Å². The fourth-order valence-electron chi connectivity index (χ4n) is 4.03. The molecule has 2 aliphatic rings. The van der Waals surface area contributed by atoms with Crippen molar-refractivity contribution in [3.8, 4) is 0 Å². The lowest BCUT2D eigenvalue weighted by atomic mass is 10.0. The molecule has 0 spiro atoms. The van der Waals surface area contributed by atoms with Crippen LogP contribution in [0.25, 0.3) is 0 Å². The summed E-state index contributed by atoms with van der Waals surface area (Å²) < 4.78 is 0. The largest absolute Gasteiger partial charge is 0.399 e. The van der Waals surface area contributed by atoms with Gasteiger partial charge in [-0.2, -0.15) is 0 Å².